The SMILES string of the molecule is CCN(C(C)OC(=O)NC(C)C)C(C)(N)OC(=O)NC(C)C. The van der Waals surface area contributed by atoms with Crippen LogP contribution >= 0.6 is 0 Å². The van der Waals surface area contributed by atoms with E-state index in [9.17, 15) is 9.59 Å². The number of ether oxygens (including phenoxy) is 2. The van der Waals surface area contributed by atoms with E-state index in [1.165, 1.54) is 6.92 Å². The Morgan fingerprint density at radius 1 is 1.09 bits per heavy atom. The van der Waals surface area contributed by atoms with Gasteiger partial charge in [0.15, 0.2) is 6.23 Å². The summed E-state index contributed by atoms with van der Waals surface area (Å²) in [4.78, 5) is 24.9. The maximum absolute atomic E-state index is 11.7. The average Bonchev–Trinajstić information content (AvgIpc) is 2.24. The standard InChI is InChI=1S/C14H30N4O4/c1-8-18(11(6)21-12(19)16-9(2)3)14(7,15)22-13(20)17-10(4)5/h9-11H,8,15H2,1-7H3,(H,16,19)(H,17,20). The summed E-state index contributed by atoms with van der Waals surface area (Å²) >= 11 is 0. The highest BCUT2D eigenvalue weighted by Gasteiger charge is 2.35. The zero-order chi connectivity index (χ0) is 17.5. The van der Waals surface area contributed by atoms with Crippen LogP contribution in [0.2, 0.25) is 0 Å². The van der Waals surface area contributed by atoms with Gasteiger partial charge in [0.05, 0.1) is 0 Å². The lowest BCUT2D eigenvalue weighted by Gasteiger charge is -2.39. The van der Waals surface area contributed by atoms with Crippen molar-refractivity contribution in [2.45, 2.75) is 72.6 Å². The molecule has 0 radical (unpaired) electrons. The summed E-state index contributed by atoms with van der Waals surface area (Å²) in [5, 5.41) is 5.22. The maximum Gasteiger partial charge on any atom is 0.410 e. The zero-order valence-corrected chi connectivity index (χ0v) is 14.6. The highest BCUT2D eigenvalue weighted by Crippen LogP contribution is 2.15. The number of amides is 2. The third kappa shape index (κ3) is 7.46. The van der Waals surface area contributed by atoms with Crippen molar-refractivity contribution in [2.24, 2.45) is 5.73 Å². The van der Waals surface area contributed by atoms with Crippen molar-refractivity contribution in [3.05, 3.63) is 0 Å². The minimum Gasteiger partial charge on any atom is -0.430 e. The molecule has 0 bridgehead atoms. The number of hydrogen-bond donors (Lipinski definition) is 3. The number of carbonyl (C=O) groups excluding carboxylic acids is 2. The number of rotatable bonds is 7. The summed E-state index contributed by atoms with van der Waals surface area (Å²) < 4.78 is 10.5. The van der Waals surface area contributed by atoms with Gasteiger partial charge in [-0.3, -0.25) is 5.73 Å². The van der Waals surface area contributed by atoms with Crippen molar-refractivity contribution in [1.29, 1.82) is 0 Å². The second-order valence-electron chi connectivity index (χ2n) is 5.83. The van der Waals surface area contributed by atoms with Crippen LogP contribution in [0.3, 0.4) is 0 Å². The van der Waals surface area contributed by atoms with Gasteiger partial charge in [0.2, 0.25) is 5.85 Å². The van der Waals surface area contributed by atoms with Crippen LogP contribution in [0.25, 0.3) is 0 Å². The lowest BCUT2D eigenvalue weighted by Crippen LogP contribution is -2.61. The van der Waals surface area contributed by atoms with Crippen LogP contribution in [0, 0.1) is 0 Å². The Hall–Kier alpha value is -1.54. The minimum absolute atomic E-state index is 0.0351. The largest absolute Gasteiger partial charge is 0.430 e. The molecule has 0 saturated carbocycles. The molecule has 0 spiro atoms. The molecule has 0 heterocycles. The Morgan fingerprint density at radius 3 is 1.95 bits per heavy atom. The van der Waals surface area contributed by atoms with Crippen LogP contribution in [0.1, 0.15) is 48.5 Å². The highest BCUT2D eigenvalue weighted by molar-refractivity contribution is 5.68. The lowest BCUT2D eigenvalue weighted by atomic mass is 10.3. The van der Waals surface area contributed by atoms with Gasteiger partial charge in [-0.05, 0) is 34.6 Å². The molecule has 0 aromatic heterocycles. The normalized spacial score (nSPS) is 15.4. The van der Waals surface area contributed by atoms with E-state index in [2.05, 4.69) is 10.6 Å². The summed E-state index contributed by atoms with van der Waals surface area (Å²) in [5.41, 5.74) is 6.06. The van der Waals surface area contributed by atoms with E-state index >= 15 is 0 Å². The summed E-state index contributed by atoms with van der Waals surface area (Å²) in [6.45, 7) is 12.7. The molecule has 0 aromatic rings. The number of carbonyl (C=O) groups is 2. The number of nitrogens with one attached hydrogen (secondary N) is 2. The van der Waals surface area contributed by atoms with Crippen LogP contribution in [0.15, 0.2) is 0 Å². The van der Waals surface area contributed by atoms with Crippen LogP contribution < -0.4 is 16.4 Å². The highest BCUT2D eigenvalue weighted by atomic mass is 16.6. The summed E-state index contributed by atoms with van der Waals surface area (Å²) in [6.07, 6.45) is -1.84. The Labute approximate surface area is 132 Å². The smallest absolute Gasteiger partial charge is 0.410 e. The van der Waals surface area contributed by atoms with Gasteiger partial charge in [-0.1, -0.05) is 6.92 Å². The zero-order valence-electron chi connectivity index (χ0n) is 14.6. The number of hydrogen-bond acceptors (Lipinski definition) is 6. The number of nitrogens with two attached hydrogens (primary N) is 1. The van der Waals surface area contributed by atoms with Gasteiger partial charge < -0.3 is 20.1 Å². The molecule has 0 fully saturated rings. The second-order valence-corrected chi connectivity index (χ2v) is 5.83. The molecule has 4 N–H and O–H groups in total. The molecule has 0 rings (SSSR count). The molecule has 0 aromatic carbocycles. The van der Waals surface area contributed by atoms with Crippen molar-refractivity contribution in [2.75, 3.05) is 6.54 Å². The van der Waals surface area contributed by atoms with Gasteiger partial charge >= 0.3 is 12.2 Å². The Bertz CT molecular complexity index is 372. The van der Waals surface area contributed by atoms with Crippen LogP contribution in [-0.2, 0) is 9.47 Å². The van der Waals surface area contributed by atoms with Gasteiger partial charge in [0, 0.05) is 25.6 Å². The number of alkyl carbamates (subject to hydrolysis) is 2. The van der Waals surface area contributed by atoms with Crippen LogP contribution in [0.5, 0.6) is 0 Å². The van der Waals surface area contributed by atoms with Crippen molar-refractivity contribution < 1.29 is 19.1 Å². The van der Waals surface area contributed by atoms with Gasteiger partial charge in [0.25, 0.3) is 0 Å². The first kappa shape index (κ1) is 20.5. The summed E-state index contributed by atoms with van der Waals surface area (Å²) in [6, 6.07) is -0.101. The monoisotopic (exact) mass is 318 g/mol. The third-order valence-corrected chi connectivity index (χ3v) is 2.74. The van der Waals surface area contributed by atoms with Gasteiger partial charge in [-0.2, -0.15) is 0 Å². The predicted molar refractivity (Wildman–Crippen MR) is 83.9 cm³/mol. The quantitative estimate of drug-likeness (QED) is 0.615. The summed E-state index contributed by atoms with van der Waals surface area (Å²) in [5.74, 6) is -1.41. The van der Waals surface area contributed by atoms with E-state index in [4.69, 9.17) is 15.2 Å². The molecule has 8 nitrogen and oxygen atoms in total. The van der Waals surface area contributed by atoms with E-state index in [1.54, 1.807) is 11.8 Å². The molecular weight excluding hydrogens is 288 g/mol. The fourth-order valence-electron chi connectivity index (χ4n) is 1.93. The molecule has 2 unspecified atom stereocenters. The van der Waals surface area contributed by atoms with Gasteiger partial charge in [0.1, 0.15) is 0 Å². The fraction of sp³-hybridized carbons (Fsp3) is 0.857. The molecule has 0 saturated heterocycles. The molecule has 0 aliphatic heterocycles. The van der Waals surface area contributed by atoms with E-state index in [0.717, 1.165) is 0 Å². The van der Waals surface area contributed by atoms with Crippen molar-refractivity contribution in [1.82, 2.24) is 15.5 Å². The Balaban J connectivity index is 4.76. The number of nitrogens with zero attached hydrogens (tertiary/aromatic N) is 1. The Kier molecular flexibility index (Phi) is 8.18. The maximum atomic E-state index is 11.7. The topological polar surface area (TPSA) is 106 Å². The van der Waals surface area contributed by atoms with Gasteiger partial charge in [-0.15, -0.1) is 0 Å². The van der Waals surface area contributed by atoms with Crippen molar-refractivity contribution >= 4 is 12.2 Å². The van der Waals surface area contributed by atoms with Crippen molar-refractivity contribution in [3.8, 4) is 0 Å². The third-order valence-electron chi connectivity index (χ3n) is 2.74. The first-order valence-corrected chi connectivity index (χ1v) is 7.51. The molecule has 22 heavy (non-hydrogen) atoms. The Morgan fingerprint density at radius 2 is 1.55 bits per heavy atom. The lowest BCUT2D eigenvalue weighted by molar-refractivity contribution is -0.156. The second kappa shape index (κ2) is 8.79. The first-order chi connectivity index (χ1) is 9.99. The molecular formula is C14H30N4O4. The average molecular weight is 318 g/mol. The predicted octanol–water partition coefficient (Wildman–Crippen LogP) is 1.56. The summed E-state index contributed by atoms with van der Waals surface area (Å²) in [7, 11) is 0. The van der Waals surface area contributed by atoms with Crippen LogP contribution in [0.4, 0.5) is 9.59 Å². The molecule has 2 amide bonds. The molecule has 0 aliphatic carbocycles. The van der Waals surface area contributed by atoms with E-state index < -0.39 is 24.3 Å². The fourth-order valence-corrected chi connectivity index (χ4v) is 1.93. The molecule has 0 aliphatic rings. The molecule has 8 heteroatoms. The molecule has 2 atom stereocenters. The van der Waals surface area contributed by atoms with Gasteiger partial charge in [-0.25, -0.2) is 14.5 Å². The first-order valence-electron chi connectivity index (χ1n) is 7.51. The van der Waals surface area contributed by atoms with E-state index in [1.807, 2.05) is 34.6 Å². The van der Waals surface area contributed by atoms with E-state index in [0.29, 0.717) is 6.54 Å². The van der Waals surface area contributed by atoms with Crippen LogP contribution in [-0.4, -0.2) is 47.8 Å². The molecule has 130 valence electrons. The minimum atomic E-state index is -1.41. The van der Waals surface area contributed by atoms with E-state index in [-0.39, 0.29) is 12.1 Å². The van der Waals surface area contributed by atoms with Crippen molar-refractivity contribution in [3.63, 3.8) is 0 Å².